The molecule has 24 heavy (non-hydrogen) atoms. The van der Waals surface area contributed by atoms with E-state index >= 15 is 0 Å². The molecule has 2 aromatic rings. The van der Waals surface area contributed by atoms with Crippen molar-refractivity contribution in [1.82, 2.24) is 15.6 Å². The maximum Gasteiger partial charge on any atom is 0.191 e. The minimum absolute atomic E-state index is 0.585. The first kappa shape index (κ1) is 18.3. The number of nitrogens with zero attached hydrogens (tertiary/aromatic N) is 2. The number of para-hydroxylation sites is 1. The second kappa shape index (κ2) is 9.93. The van der Waals surface area contributed by atoms with Crippen molar-refractivity contribution in [3.05, 3.63) is 45.9 Å². The monoisotopic (exact) mass is 346 g/mol. The lowest BCUT2D eigenvalue weighted by atomic mass is 10.2. The largest absolute Gasteiger partial charge is 0.494 e. The molecule has 1 heterocycles. The first-order valence-electron chi connectivity index (χ1n) is 8.37. The van der Waals surface area contributed by atoms with Gasteiger partial charge in [0.05, 0.1) is 18.2 Å². The predicted octanol–water partition coefficient (Wildman–Crippen LogP) is 3.15. The molecular weight excluding hydrogens is 320 g/mol. The number of thiazole rings is 1. The lowest BCUT2D eigenvalue weighted by Crippen LogP contribution is -2.38. The number of guanidine groups is 1. The summed E-state index contributed by atoms with van der Waals surface area (Å²) in [6.07, 6.45) is 2.82. The third kappa shape index (κ3) is 5.85. The van der Waals surface area contributed by atoms with Gasteiger partial charge in [0.1, 0.15) is 5.75 Å². The average Bonchev–Trinajstić information content (AvgIpc) is 2.99. The molecule has 0 aliphatic heterocycles. The number of ether oxygens (including phenoxy) is 1. The van der Waals surface area contributed by atoms with E-state index in [1.807, 2.05) is 31.3 Å². The molecule has 0 saturated heterocycles. The highest BCUT2D eigenvalue weighted by Crippen LogP contribution is 2.18. The second-order valence-electron chi connectivity index (χ2n) is 5.28. The Bertz CT molecular complexity index is 654. The van der Waals surface area contributed by atoms with Crippen LogP contribution in [-0.4, -0.2) is 30.6 Å². The van der Waals surface area contributed by atoms with Crippen molar-refractivity contribution in [2.24, 2.45) is 4.99 Å². The SMILES string of the molecule is CCNC(=NCc1ccccc1OCC)NCCc1ncc(C)s1. The van der Waals surface area contributed by atoms with Crippen LogP contribution in [0.2, 0.25) is 0 Å². The van der Waals surface area contributed by atoms with Crippen molar-refractivity contribution in [1.29, 1.82) is 0 Å². The molecule has 6 heteroatoms. The molecule has 0 atom stereocenters. The van der Waals surface area contributed by atoms with Gasteiger partial charge in [-0.25, -0.2) is 9.98 Å². The summed E-state index contributed by atoms with van der Waals surface area (Å²) in [7, 11) is 0. The Kier molecular flexibility index (Phi) is 7.55. The van der Waals surface area contributed by atoms with Gasteiger partial charge in [-0.15, -0.1) is 11.3 Å². The Morgan fingerprint density at radius 2 is 2.08 bits per heavy atom. The number of rotatable bonds is 8. The van der Waals surface area contributed by atoms with Crippen molar-refractivity contribution in [3.63, 3.8) is 0 Å². The maximum absolute atomic E-state index is 5.65. The molecule has 2 rings (SSSR count). The van der Waals surface area contributed by atoms with Crippen LogP contribution in [0.1, 0.15) is 29.3 Å². The molecule has 0 fully saturated rings. The number of nitrogens with one attached hydrogen (secondary N) is 2. The standard InChI is InChI=1S/C18H26N4OS/c1-4-19-18(20-11-10-17-21-12-14(3)24-17)22-13-15-8-6-7-9-16(15)23-5-2/h6-9,12H,4-5,10-11,13H2,1-3H3,(H2,19,20,22). The Balaban J connectivity index is 1.92. The van der Waals surface area contributed by atoms with Crippen molar-refractivity contribution in [2.75, 3.05) is 19.7 Å². The van der Waals surface area contributed by atoms with E-state index in [4.69, 9.17) is 4.74 Å². The highest BCUT2D eigenvalue weighted by molar-refractivity contribution is 7.11. The lowest BCUT2D eigenvalue weighted by Gasteiger charge is -2.12. The van der Waals surface area contributed by atoms with Gasteiger partial charge in [-0.05, 0) is 26.8 Å². The normalized spacial score (nSPS) is 11.4. The number of hydrogen-bond donors (Lipinski definition) is 2. The number of benzene rings is 1. The summed E-state index contributed by atoms with van der Waals surface area (Å²) in [5, 5.41) is 7.79. The molecule has 0 radical (unpaired) electrons. The fourth-order valence-corrected chi connectivity index (χ4v) is 3.03. The summed E-state index contributed by atoms with van der Waals surface area (Å²) in [5.41, 5.74) is 1.09. The summed E-state index contributed by atoms with van der Waals surface area (Å²) in [6.45, 7) is 9.02. The van der Waals surface area contributed by atoms with Crippen LogP contribution in [0.15, 0.2) is 35.5 Å². The Labute approximate surface area is 148 Å². The Morgan fingerprint density at radius 3 is 2.79 bits per heavy atom. The van der Waals surface area contributed by atoms with Gasteiger partial charge < -0.3 is 15.4 Å². The summed E-state index contributed by atoms with van der Waals surface area (Å²) >= 11 is 1.74. The number of aromatic nitrogens is 1. The van der Waals surface area contributed by atoms with Crippen molar-refractivity contribution >= 4 is 17.3 Å². The first-order valence-corrected chi connectivity index (χ1v) is 9.18. The molecule has 2 N–H and O–H groups in total. The van der Waals surface area contributed by atoms with Gasteiger partial charge in [0.15, 0.2) is 5.96 Å². The smallest absolute Gasteiger partial charge is 0.191 e. The van der Waals surface area contributed by atoms with Crippen molar-refractivity contribution in [3.8, 4) is 5.75 Å². The molecule has 0 spiro atoms. The molecule has 0 bridgehead atoms. The first-order chi connectivity index (χ1) is 11.7. The fraction of sp³-hybridized carbons (Fsp3) is 0.444. The number of aliphatic imine (C=N–C) groups is 1. The topological polar surface area (TPSA) is 58.5 Å². The van der Waals surface area contributed by atoms with Crippen LogP contribution in [0.5, 0.6) is 5.75 Å². The van der Waals surface area contributed by atoms with Crippen LogP contribution < -0.4 is 15.4 Å². The second-order valence-corrected chi connectivity index (χ2v) is 6.60. The summed E-state index contributed by atoms with van der Waals surface area (Å²) in [4.78, 5) is 10.3. The van der Waals surface area contributed by atoms with Gasteiger partial charge in [-0.1, -0.05) is 18.2 Å². The van der Waals surface area contributed by atoms with Gasteiger partial charge in [-0.3, -0.25) is 0 Å². The van der Waals surface area contributed by atoms with E-state index in [-0.39, 0.29) is 0 Å². The van der Waals surface area contributed by atoms with E-state index in [1.54, 1.807) is 11.3 Å². The van der Waals surface area contributed by atoms with Gasteiger partial charge in [0.25, 0.3) is 0 Å². The van der Waals surface area contributed by atoms with E-state index < -0.39 is 0 Å². The quantitative estimate of drug-likeness (QED) is 0.569. The van der Waals surface area contributed by atoms with Crippen LogP contribution in [0.4, 0.5) is 0 Å². The molecule has 1 aromatic carbocycles. The summed E-state index contributed by atoms with van der Waals surface area (Å²) < 4.78 is 5.65. The maximum atomic E-state index is 5.65. The van der Waals surface area contributed by atoms with E-state index in [9.17, 15) is 0 Å². The van der Waals surface area contributed by atoms with E-state index in [1.165, 1.54) is 4.88 Å². The molecule has 5 nitrogen and oxygen atoms in total. The highest BCUT2D eigenvalue weighted by Gasteiger charge is 2.04. The third-order valence-electron chi connectivity index (χ3n) is 3.32. The van der Waals surface area contributed by atoms with Crippen LogP contribution in [0.3, 0.4) is 0 Å². The highest BCUT2D eigenvalue weighted by atomic mass is 32.1. The Hall–Kier alpha value is -2.08. The van der Waals surface area contributed by atoms with E-state index in [0.29, 0.717) is 13.2 Å². The molecule has 0 unspecified atom stereocenters. The minimum Gasteiger partial charge on any atom is -0.494 e. The third-order valence-corrected chi connectivity index (χ3v) is 4.30. The number of aryl methyl sites for hydroxylation is 1. The van der Waals surface area contributed by atoms with Gasteiger partial charge >= 0.3 is 0 Å². The molecule has 0 amide bonds. The van der Waals surface area contributed by atoms with Crippen LogP contribution in [0, 0.1) is 6.92 Å². The van der Waals surface area contributed by atoms with Gasteiger partial charge in [-0.2, -0.15) is 0 Å². The van der Waals surface area contributed by atoms with Gasteiger partial charge in [0.2, 0.25) is 0 Å². The summed E-state index contributed by atoms with van der Waals surface area (Å²) in [6, 6.07) is 8.03. The average molecular weight is 347 g/mol. The van der Waals surface area contributed by atoms with E-state index in [0.717, 1.165) is 41.8 Å². The Morgan fingerprint density at radius 1 is 1.25 bits per heavy atom. The minimum atomic E-state index is 0.585. The lowest BCUT2D eigenvalue weighted by molar-refractivity contribution is 0.336. The zero-order chi connectivity index (χ0) is 17.2. The van der Waals surface area contributed by atoms with Crippen molar-refractivity contribution < 1.29 is 4.74 Å². The zero-order valence-electron chi connectivity index (χ0n) is 14.6. The van der Waals surface area contributed by atoms with Crippen LogP contribution in [-0.2, 0) is 13.0 Å². The summed E-state index contributed by atoms with van der Waals surface area (Å²) in [5.74, 6) is 1.72. The zero-order valence-corrected chi connectivity index (χ0v) is 15.4. The van der Waals surface area contributed by atoms with Crippen LogP contribution >= 0.6 is 11.3 Å². The predicted molar refractivity (Wildman–Crippen MR) is 101 cm³/mol. The fourth-order valence-electron chi connectivity index (χ4n) is 2.24. The van der Waals surface area contributed by atoms with Gasteiger partial charge in [0, 0.05) is 36.1 Å². The van der Waals surface area contributed by atoms with E-state index in [2.05, 4.69) is 40.5 Å². The molecule has 0 aliphatic rings. The number of hydrogen-bond acceptors (Lipinski definition) is 4. The molecular formula is C18H26N4OS. The molecule has 1 aromatic heterocycles. The van der Waals surface area contributed by atoms with Crippen LogP contribution in [0.25, 0.3) is 0 Å². The molecule has 0 saturated carbocycles. The van der Waals surface area contributed by atoms with Crippen molar-refractivity contribution in [2.45, 2.75) is 33.7 Å². The molecule has 130 valence electrons. The molecule has 0 aliphatic carbocycles.